The second-order valence-electron chi connectivity index (χ2n) is 3.90. The maximum absolute atomic E-state index is 11.9. The van der Waals surface area contributed by atoms with E-state index in [0.717, 1.165) is 12.2 Å². The Morgan fingerprint density at radius 3 is 2.88 bits per heavy atom. The van der Waals surface area contributed by atoms with Crippen LogP contribution in [0.1, 0.15) is 32.1 Å². The molecule has 0 aliphatic rings. The van der Waals surface area contributed by atoms with E-state index in [-0.39, 0.29) is 18.7 Å². The maximum Gasteiger partial charge on any atom is 0.318 e. The van der Waals surface area contributed by atoms with Crippen molar-refractivity contribution in [1.29, 1.82) is 0 Å². The lowest BCUT2D eigenvalue weighted by Crippen LogP contribution is -2.42. The summed E-state index contributed by atoms with van der Waals surface area (Å²) < 4.78 is 5.21. The Balaban J connectivity index is 2.51. The number of carbonyl (C=O) groups is 1. The highest BCUT2D eigenvalue weighted by Gasteiger charge is 2.16. The summed E-state index contributed by atoms with van der Waals surface area (Å²) in [5.74, 6) is 0.721. The van der Waals surface area contributed by atoms with Crippen LogP contribution in [0.4, 0.5) is 4.79 Å². The van der Waals surface area contributed by atoms with Crippen LogP contribution in [0.15, 0.2) is 22.8 Å². The zero-order valence-corrected chi connectivity index (χ0v) is 10.3. The molecule has 0 saturated heterocycles. The van der Waals surface area contributed by atoms with Crippen LogP contribution in [-0.4, -0.2) is 35.7 Å². The van der Waals surface area contributed by atoms with E-state index in [9.17, 15) is 4.79 Å². The molecule has 2 N–H and O–H groups in total. The van der Waals surface area contributed by atoms with E-state index in [1.54, 1.807) is 17.2 Å². The van der Waals surface area contributed by atoms with Crippen LogP contribution in [0.25, 0.3) is 0 Å². The normalized spacial score (nSPS) is 12.2. The number of rotatable bonds is 6. The third-order valence-electron chi connectivity index (χ3n) is 2.46. The van der Waals surface area contributed by atoms with Crippen LogP contribution >= 0.6 is 0 Å². The molecule has 0 radical (unpaired) electrons. The van der Waals surface area contributed by atoms with Crippen molar-refractivity contribution in [2.45, 2.75) is 26.3 Å². The van der Waals surface area contributed by atoms with Gasteiger partial charge in [-0.2, -0.15) is 0 Å². The first-order chi connectivity index (χ1) is 8.19. The Morgan fingerprint density at radius 2 is 2.35 bits per heavy atom. The zero-order chi connectivity index (χ0) is 12.7. The highest BCUT2D eigenvalue weighted by Crippen LogP contribution is 2.12. The number of nitrogens with one attached hydrogen (secondary N) is 1. The predicted molar refractivity (Wildman–Crippen MR) is 64.6 cm³/mol. The third-order valence-corrected chi connectivity index (χ3v) is 2.46. The molecule has 0 aliphatic carbocycles. The minimum atomic E-state index is -0.176. The molecule has 0 saturated carbocycles. The monoisotopic (exact) mass is 240 g/mol. The summed E-state index contributed by atoms with van der Waals surface area (Å²) in [5.41, 5.74) is 0. The average molecular weight is 240 g/mol. The fraction of sp³-hybridized carbons (Fsp3) is 0.583. The molecular weight excluding hydrogens is 220 g/mol. The van der Waals surface area contributed by atoms with Crippen molar-refractivity contribution < 1.29 is 14.3 Å². The number of aliphatic hydroxyl groups excluding tert-OH is 1. The third kappa shape index (κ3) is 4.11. The van der Waals surface area contributed by atoms with E-state index in [1.165, 1.54) is 0 Å². The van der Waals surface area contributed by atoms with Crippen LogP contribution in [0, 0.1) is 0 Å². The summed E-state index contributed by atoms with van der Waals surface area (Å²) in [5, 5.41) is 11.7. The quantitative estimate of drug-likeness (QED) is 0.796. The molecule has 1 aromatic heterocycles. The molecule has 1 aromatic rings. The summed E-state index contributed by atoms with van der Waals surface area (Å²) in [7, 11) is 0. The topological polar surface area (TPSA) is 65.7 Å². The van der Waals surface area contributed by atoms with E-state index < -0.39 is 0 Å². The van der Waals surface area contributed by atoms with Crippen molar-refractivity contribution in [3.05, 3.63) is 24.2 Å². The molecule has 1 atom stereocenters. The summed E-state index contributed by atoms with van der Waals surface area (Å²) in [6.07, 6.45) is 2.44. The molecule has 5 heteroatoms. The molecule has 0 bridgehead atoms. The van der Waals surface area contributed by atoms with Gasteiger partial charge in [-0.05, 0) is 25.5 Å². The maximum atomic E-state index is 11.9. The first-order valence-electron chi connectivity index (χ1n) is 5.88. The summed E-state index contributed by atoms with van der Waals surface area (Å²) in [6, 6.07) is 3.26. The van der Waals surface area contributed by atoms with E-state index in [2.05, 4.69) is 5.32 Å². The predicted octanol–water partition coefficient (Wildman–Crippen LogP) is 1.75. The van der Waals surface area contributed by atoms with Crippen molar-refractivity contribution in [2.24, 2.45) is 0 Å². The number of nitrogens with zero attached hydrogens (tertiary/aromatic N) is 1. The highest BCUT2D eigenvalue weighted by molar-refractivity contribution is 5.74. The first-order valence-corrected chi connectivity index (χ1v) is 5.88. The molecular formula is C12H20N2O3. The number of amides is 2. The van der Waals surface area contributed by atoms with E-state index in [4.69, 9.17) is 9.52 Å². The molecule has 96 valence electrons. The minimum absolute atomic E-state index is 0.0252. The smallest absolute Gasteiger partial charge is 0.318 e. The second kappa shape index (κ2) is 6.96. The van der Waals surface area contributed by atoms with E-state index in [1.807, 2.05) is 19.9 Å². The molecule has 1 heterocycles. The fourth-order valence-electron chi connectivity index (χ4n) is 1.59. The first kappa shape index (κ1) is 13.6. The minimum Gasteiger partial charge on any atom is -0.467 e. The van der Waals surface area contributed by atoms with Gasteiger partial charge in [-0.1, -0.05) is 6.92 Å². The van der Waals surface area contributed by atoms with E-state index in [0.29, 0.717) is 13.1 Å². The van der Waals surface area contributed by atoms with Crippen molar-refractivity contribution in [2.75, 3.05) is 19.7 Å². The van der Waals surface area contributed by atoms with Crippen LogP contribution < -0.4 is 5.32 Å². The van der Waals surface area contributed by atoms with Gasteiger partial charge in [-0.3, -0.25) is 0 Å². The molecule has 2 amide bonds. The molecule has 0 fully saturated rings. The second-order valence-corrected chi connectivity index (χ2v) is 3.90. The summed E-state index contributed by atoms with van der Waals surface area (Å²) >= 11 is 0. The summed E-state index contributed by atoms with van der Waals surface area (Å²) in [4.78, 5) is 13.5. The number of carbonyl (C=O) groups excluding carboxylic acids is 1. The van der Waals surface area contributed by atoms with Crippen LogP contribution in [0.3, 0.4) is 0 Å². The van der Waals surface area contributed by atoms with Gasteiger partial charge in [0.15, 0.2) is 0 Å². The Labute approximate surface area is 101 Å². The standard InChI is InChI=1S/C12H20N2O3/c1-3-6-14(7-8-15)12(16)13-10(2)11-5-4-9-17-11/h4-5,9-10,15H,3,6-8H2,1-2H3,(H,13,16). The molecule has 5 nitrogen and oxygen atoms in total. The molecule has 0 aliphatic heterocycles. The summed E-state index contributed by atoms with van der Waals surface area (Å²) in [6.45, 7) is 4.82. The highest BCUT2D eigenvalue weighted by atomic mass is 16.3. The number of urea groups is 1. The van der Waals surface area contributed by atoms with Crippen molar-refractivity contribution >= 4 is 6.03 Å². The lowest BCUT2D eigenvalue weighted by molar-refractivity contribution is 0.173. The molecule has 0 aromatic carbocycles. The van der Waals surface area contributed by atoms with Gasteiger partial charge >= 0.3 is 6.03 Å². The number of hydrogen-bond donors (Lipinski definition) is 2. The van der Waals surface area contributed by atoms with E-state index >= 15 is 0 Å². The van der Waals surface area contributed by atoms with Crippen molar-refractivity contribution in [3.8, 4) is 0 Å². The van der Waals surface area contributed by atoms with Gasteiger partial charge in [0, 0.05) is 13.1 Å². The van der Waals surface area contributed by atoms with Gasteiger partial charge in [0.2, 0.25) is 0 Å². The fourth-order valence-corrected chi connectivity index (χ4v) is 1.59. The van der Waals surface area contributed by atoms with Gasteiger partial charge in [0.05, 0.1) is 18.9 Å². The Hall–Kier alpha value is -1.49. The molecule has 0 spiro atoms. The molecule has 1 unspecified atom stereocenters. The van der Waals surface area contributed by atoms with Gasteiger partial charge in [0.25, 0.3) is 0 Å². The largest absolute Gasteiger partial charge is 0.467 e. The lowest BCUT2D eigenvalue weighted by Gasteiger charge is -2.23. The van der Waals surface area contributed by atoms with Crippen LogP contribution in [0.5, 0.6) is 0 Å². The molecule has 17 heavy (non-hydrogen) atoms. The SMILES string of the molecule is CCCN(CCO)C(=O)NC(C)c1ccco1. The van der Waals surface area contributed by atoms with Gasteiger partial charge in [-0.25, -0.2) is 4.79 Å². The van der Waals surface area contributed by atoms with Gasteiger partial charge < -0.3 is 19.7 Å². The number of aliphatic hydroxyl groups is 1. The average Bonchev–Trinajstić information content (AvgIpc) is 2.82. The van der Waals surface area contributed by atoms with Gasteiger partial charge in [0.1, 0.15) is 5.76 Å². The number of furan rings is 1. The zero-order valence-electron chi connectivity index (χ0n) is 10.3. The Morgan fingerprint density at radius 1 is 1.59 bits per heavy atom. The van der Waals surface area contributed by atoms with Gasteiger partial charge in [-0.15, -0.1) is 0 Å². The van der Waals surface area contributed by atoms with Crippen LogP contribution in [0.2, 0.25) is 0 Å². The van der Waals surface area contributed by atoms with Crippen molar-refractivity contribution in [3.63, 3.8) is 0 Å². The Kier molecular flexibility index (Phi) is 5.56. The van der Waals surface area contributed by atoms with Crippen molar-refractivity contribution in [1.82, 2.24) is 10.2 Å². The lowest BCUT2D eigenvalue weighted by atomic mass is 10.2. The number of hydrogen-bond acceptors (Lipinski definition) is 3. The molecule has 1 rings (SSSR count). The Bertz CT molecular complexity index is 319. The van der Waals surface area contributed by atoms with Crippen LogP contribution in [-0.2, 0) is 0 Å².